The van der Waals surface area contributed by atoms with Crippen LogP contribution in [0, 0.1) is 5.92 Å². The van der Waals surface area contributed by atoms with Gasteiger partial charge in [0, 0.05) is 0 Å². The standard InChI is InChI=1S/C5H5.C4H9.Zr/c1-2-4-5-3-1;1-4(2)3;/h1-5H;1-3H3;/q2*-1;+2. The van der Waals surface area contributed by atoms with E-state index < -0.39 is 0 Å². The summed E-state index contributed by atoms with van der Waals surface area (Å²) in [5.41, 5.74) is 0. The van der Waals surface area contributed by atoms with Crippen molar-refractivity contribution in [2.24, 2.45) is 0 Å². The van der Waals surface area contributed by atoms with Gasteiger partial charge in [0.2, 0.25) is 0 Å². The van der Waals surface area contributed by atoms with Gasteiger partial charge in [-0.25, -0.2) is 12.1 Å². The molecule has 0 spiro atoms. The summed E-state index contributed by atoms with van der Waals surface area (Å²) in [4.78, 5) is 0. The Morgan fingerprint density at radius 3 is 1.40 bits per heavy atom. The average molecular weight is 213 g/mol. The second-order valence-corrected chi connectivity index (χ2v) is 2.46. The molecule has 1 heteroatoms. The molecule has 0 nitrogen and oxygen atoms in total. The molecule has 0 bridgehead atoms. The first-order valence-electron chi connectivity index (χ1n) is 3.17. The number of rotatable bonds is 0. The Labute approximate surface area is 83.1 Å². The largest absolute Gasteiger partial charge is 2.00 e. The zero-order valence-corrected chi connectivity index (χ0v) is 9.34. The summed E-state index contributed by atoms with van der Waals surface area (Å²) in [6.07, 6.45) is 0. The summed E-state index contributed by atoms with van der Waals surface area (Å²) < 4.78 is 0. The predicted molar refractivity (Wildman–Crippen MR) is 42.3 cm³/mol. The molecule has 1 aromatic rings. The smallest absolute Gasteiger partial charge is 0.323 e. The fourth-order valence-corrected chi connectivity index (χ4v) is 0.321. The molecule has 0 saturated carbocycles. The van der Waals surface area contributed by atoms with Gasteiger partial charge >= 0.3 is 26.2 Å². The van der Waals surface area contributed by atoms with E-state index in [1.807, 2.05) is 30.3 Å². The van der Waals surface area contributed by atoms with Gasteiger partial charge in [0.25, 0.3) is 0 Å². The molecule has 1 rings (SSSR count). The first kappa shape index (κ1) is 12.9. The van der Waals surface area contributed by atoms with Crippen LogP contribution in [0.1, 0.15) is 20.8 Å². The molecule has 0 heterocycles. The topological polar surface area (TPSA) is 0 Å². The van der Waals surface area contributed by atoms with Crippen LogP contribution in [0.2, 0.25) is 0 Å². The van der Waals surface area contributed by atoms with Crippen LogP contribution in [-0.2, 0) is 26.2 Å². The Bertz CT molecular complexity index is 88.3. The van der Waals surface area contributed by atoms with E-state index in [0.717, 1.165) is 0 Å². The van der Waals surface area contributed by atoms with Crippen LogP contribution >= 0.6 is 0 Å². The van der Waals surface area contributed by atoms with E-state index in [-0.39, 0.29) is 26.2 Å². The number of hydrogen-bond donors (Lipinski definition) is 0. The Hall–Kier alpha value is 0.233. The van der Waals surface area contributed by atoms with Gasteiger partial charge in [0.15, 0.2) is 0 Å². The van der Waals surface area contributed by atoms with Crippen molar-refractivity contribution >= 4 is 0 Å². The molecule has 10 heavy (non-hydrogen) atoms. The van der Waals surface area contributed by atoms with E-state index in [9.17, 15) is 0 Å². The second-order valence-electron chi connectivity index (χ2n) is 2.46. The van der Waals surface area contributed by atoms with Crippen LogP contribution in [0.15, 0.2) is 30.3 Å². The Morgan fingerprint density at radius 2 is 1.30 bits per heavy atom. The molecule has 0 unspecified atom stereocenters. The third-order valence-electron chi connectivity index (χ3n) is 0.556. The van der Waals surface area contributed by atoms with Crippen molar-refractivity contribution < 1.29 is 26.2 Å². The monoisotopic (exact) mass is 212 g/mol. The summed E-state index contributed by atoms with van der Waals surface area (Å²) in [7, 11) is 0. The van der Waals surface area contributed by atoms with Gasteiger partial charge in [-0.05, 0) is 0 Å². The maximum absolute atomic E-state index is 2.08. The Kier molecular flexibility index (Phi) is 11.9. The van der Waals surface area contributed by atoms with Crippen LogP contribution in [0.25, 0.3) is 0 Å². The van der Waals surface area contributed by atoms with Crippen molar-refractivity contribution in [3.63, 3.8) is 0 Å². The molecule has 0 aromatic heterocycles. The molecule has 0 atom stereocenters. The van der Waals surface area contributed by atoms with Gasteiger partial charge in [-0.15, -0.1) is 0 Å². The first-order chi connectivity index (χ1) is 4.23. The van der Waals surface area contributed by atoms with E-state index >= 15 is 0 Å². The second kappa shape index (κ2) is 9.23. The van der Waals surface area contributed by atoms with Crippen molar-refractivity contribution in [1.29, 1.82) is 0 Å². The summed E-state index contributed by atoms with van der Waals surface area (Å²) in [5, 5.41) is 0. The number of hydrogen-bond acceptors (Lipinski definition) is 0. The maximum Gasteiger partial charge on any atom is 2.00 e. The molecule has 0 fully saturated rings. The van der Waals surface area contributed by atoms with Crippen molar-refractivity contribution in [2.75, 3.05) is 0 Å². The predicted octanol–water partition coefficient (Wildman–Crippen LogP) is 3.02. The third kappa shape index (κ3) is 15.7. The molecule has 1 aromatic carbocycles. The van der Waals surface area contributed by atoms with E-state index in [0.29, 0.717) is 0 Å². The van der Waals surface area contributed by atoms with Gasteiger partial charge in [-0.1, -0.05) is 0 Å². The zero-order chi connectivity index (χ0) is 7.11. The minimum absolute atomic E-state index is 0. The Balaban J connectivity index is 0. The molecule has 54 valence electrons. The van der Waals surface area contributed by atoms with Crippen molar-refractivity contribution in [1.82, 2.24) is 0 Å². The van der Waals surface area contributed by atoms with Gasteiger partial charge in [-0.3, -0.25) is 0 Å². The normalized spacial score (nSPS) is 7.60. The first-order valence-corrected chi connectivity index (χ1v) is 3.17. The van der Waals surface area contributed by atoms with Crippen molar-refractivity contribution in [3.8, 4) is 0 Å². The third-order valence-corrected chi connectivity index (χ3v) is 0.556. The molecular formula is C9H14Zr. The summed E-state index contributed by atoms with van der Waals surface area (Å²) in [6.45, 7) is 6.25. The molecule has 0 N–H and O–H groups in total. The molecule has 0 saturated heterocycles. The molecule has 0 aliphatic carbocycles. The van der Waals surface area contributed by atoms with Crippen molar-refractivity contribution in [3.05, 3.63) is 36.2 Å². The molecule has 0 radical (unpaired) electrons. The van der Waals surface area contributed by atoms with Crippen molar-refractivity contribution in [2.45, 2.75) is 20.8 Å². The van der Waals surface area contributed by atoms with Crippen LogP contribution in [-0.4, -0.2) is 0 Å². The van der Waals surface area contributed by atoms with Crippen LogP contribution in [0.5, 0.6) is 0 Å². The fraction of sp³-hybridized carbons (Fsp3) is 0.333. The van der Waals surface area contributed by atoms with Gasteiger partial charge in [0.05, 0.1) is 0 Å². The maximum atomic E-state index is 2.08. The summed E-state index contributed by atoms with van der Waals surface area (Å²) in [5.74, 6) is 1.42. The van der Waals surface area contributed by atoms with Crippen LogP contribution in [0.3, 0.4) is 0 Å². The molecule has 0 aliphatic rings. The van der Waals surface area contributed by atoms with Crippen LogP contribution < -0.4 is 0 Å². The SMILES string of the molecule is C[C-](C)C.[Zr+2].c1cc[cH-]c1. The minimum atomic E-state index is 0. The minimum Gasteiger partial charge on any atom is -0.323 e. The zero-order valence-electron chi connectivity index (χ0n) is 6.89. The molecule has 0 aliphatic heterocycles. The summed E-state index contributed by atoms with van der Waals surface area (Å²) >= 11 is 0. The Morgan fingerprint density at radius 1 is 1.00 bits per heavy atom. The van der Waals surface area contributed by atoms with E-state index in [2.05, 4.69) is 20.8 Å². The van der Waals surface area contributed by atoms with Gasteiger partial charge in [-0.2, -0.15) is 39.0 Å². The quantitative estimate of drug-likeness (QED) is 0.581. The fourth-order valence-electron chi connectivity index (χ4n) is 0.321. The summed E-state index contributed by atoms with van der Waals surface area (Å²) in [6, 6.07) is 10.0. The van der Waals surface area contributed by atoms with Crippen LogP contribution in [0.4, 0.5) is 0 Å². The molecular weight excluding hydrogens is 199 g/mol. The van der Waals surface area contributed by atoms with Gasteiger partial charge in [0.1, 0.15) is 0 Å². The molecule has 0 amide bonds. The average Bonchev–Trinajstić information content (AvgIpc) is 2.11. The van der Waals surface area contributed by atoms with E-state index in [1.165, 1.54) is 5.92 Å². The van der Waals surface area contributed by atoms with E-state index in [4.69, 9.17) is 0 Å². The van der Waals surface area contributed by atoms with E-state index in [1.54, 1.807) is 0 Å². The van der Waals surface area contributed by atoms with Gasteiger partial charge < -0.3 is 5.92 Å².